The topological polar surface area (TPSA) is 20.2 Å². The molecule has 1 rings (SSSR count). The summed E-state index contributed by atoms with van der Waals surface area (Å²) >= 11 is 0. The predicted molar refractivity (Wildman–Crippen MR) is 56.5 cm³/mol. The molecule has 1 aliphatic rings. The van der Waals surface area contributed by atoms with Gasteiger partial charge in [-0.15, -0.1) is 6.58 Å². The summed E-state index contributed by atoms with van der Waals surface area (Å²) in [5, 5.41) is 9.61. The molecule has 1 N–H and O–H groups in total. The maximum Gasteiger partial charge on any atom is 0.0728 e. The summed E-state index contributed by atoms with van der Waals surface area (Å²) in [6.45, 7) is 8.15. The van der Waals surface area contributed by atoms with Gasteiger partial charge in [-0.25, -0.2) is 0 Å². The Hall–Kier alpha value is -0.560. The van der Waals surface area contributed by atoms with Crippen LogP contribution in [0.1, 0.15) is 39.5 Å². The van der Waals surface area contributed by atoms with Crippen LogP contribution in [0.25, 0.3) is 0 Å². The first-order valence-electron chi connectivity index (χ1n) is 5.02. The Kier molecular flexibility index (Phi) is 3.32. The van der Waals surface area contributed by atoms with Gasteiger partial charge in [0.1, 0.15) is 0 Å². The van der Waals surface area contributed by atoms with Crippen LogP contribution in [0.4, 0.5) is 0 Å². The number of allylic oxidation sites excluding steroid dienone is 2. The molecule has 0 saturated carbocycles. The van der Waals surface area contributed by atoms with Crippen LogP contribution in [0.3, 0.4) is 0 Å². The SMILES string of the molecule is C=CCCC1=CC(O)CC(C)(C)C1. The first-order valence-corrected chi connectivity index (χ1v) is 5.02. The van der Waals surface area contributed by atoms with E-state index in [4.69, 9.17) is 0 Å². The van der Waals surface area contributed by atoms with Crippen molar-refractivity contribution < 1.29 is 5.11 Å². The van der Waals surface area contributed by atoms with Gasteiger partial charge in [0.2, 0.25) is 0 Å². The molecule has 1 atom stereocenters. The van der Waals surface area contributed by atoms with Gasteiger partial charge in [0, 0.05) is 0 Å². The fourth-order valence-corrected chi connectivity index (χ4v) is 2.10. The zero-order valence-electron chi connectivity index (χ0n) is 8.71. The van der Waals surface area contributed by atoms with E-state index in [9.17, 15) is 5.11 Å². The molecule has 0 aromatic carbocycles. The molecule has 1 aliphatic carbocycles. The van der Waals surface area contributed by atoms with Crippen molar-refractivity contribution in [1.29, 1.82) is 0 Å². The summed E-state index contributed by atoms with van der Waals surface area (Å²) in [7, 11) is 0. The lowest BCUT2D eigenvalue weighted by Crippen LogP contribution is -2.24. The lowest BCUT2D eigenvalue weighted by atomic mass is 9.75. The molecule has 0 saturated heterocycles. The Balaban J connectivity index is 2.58. The minimum atomic E-state index is -0.233. The zero-order valence-corrected chi connectivity index (χ0v) is 8.71. The molecular weight excluding hydrogens is 160 g/mol. The van der Waals surface area contributed by atoms with Crippen LogP contribution in [0, 0.1) is 5.41 Å². The molecule has 0 aromatic rings. The molecule has 0 amide bonds. The third-order valence-corrected chi connectivity index (χ3v) is 2.57. The van der Waals surface area contributed by atoms with E-state index in [0.29, 0.717) is 0 Å². The second-order valence-corrected chi connectivity index (χ2v) is 4.76. The highest BCUT2D eigenvalue weighted by Crippen LogP contribution is 2.36. The maximum absolute atomic E-state index is 9.61. The Labute approximate surface area is 81.2 Å². The van der Waals surface area contributed by atoms with Gasteiger partial charge in [-0.05, 0) is 31.1 Å². The molecule has 0 aromatic heterocycles. The van der Waals surface area contributed by atoms with Crippen molar-refractivity contribution in [3.05, 3.63) is 24.3 Å². The molecule has 0 spiro atoms. The van der Waals surface area contributed by atoms with Crippen LogP contribution in [-0.4, -0.2) is 11.2 Å². The summed E-state index contributed by atoms with van der Waals surface area (Å²) in [4.78, 5) is 0. The highest BCUT2D eigenvalue weighted by Gasteiger charge is 2.26. The van der Waals surface area contributed by atoms with Gasteiger partial charge in [0.15, 0.2) is 0 Å². The third-order valence-electron chi connectivity index (χ3n) is 2.57. The Morgan fingerprint density at radius 1 is 1.69 bits per heavy atom. The number of hydrogen-bond acceptors (Lipinski definition) is 1. The van der Waals surface area contributed by atoms with Crippen LogP contribution in [0.5, 0.6) is 0 Å². The van der Waals surface area contributed by atoms with Crippen molar-refractivity contribution in [2.75, 3.05) is 0 Å². The van der Waals surface area contributed by atoms with Crippen molar-refractivity contribution in [3.63, 3.8) is 0 Å². The minimum absolute atomic E-state index is 0.233. The van der Waals surface area contributed by atoms with Gasteiger partial charge < -0.3 is 5.11 Å². The lowest BCUT2D eigenvalue weighted by molar-refractivity contribution is 0.137. The summed E-state index contributed by atoms with van der Waals surface area (Å²) in [6, 6.07) is 0. The van der Waals surface area contributed by atoms with Crippen LogP contribution in [0.2, 0.25) is 0 Å². The van der Waals surface area contributed by atoms with Crippen LogP contribution < -0.4 is 0 Å². The van der Waals surface area contributed by atoms with Gasteiger partial charge in [0.05, 0.1) is 6.10 Å². The minimum Gasteiger partial charge on any atom is -0.389 e. The van der Waals surface area contributed by atoms with E-state index < -0.39 is 0 Å². The second-order valence-electron chi connectivity index (χ2n) is 4.76. The highest BCUT2D eigenvalue weighted by molar-refractivity contribution is 5.13. The first-order chi connectivity index (χ1) is 6.03. The number of hydrogen-bond donors (Lipinski definition) is 1. The molecule has 1 unspecified atom stereocenters. The normalized spacial score (nSPS) is 26.7. The van der Waals surface area contributed by atoms with Crippen molar-refractivity contribution in [2.45, 2.75) is 45.6 Å². The largest absolute Gasteiger partial charge is 0.389 e. The number of aliphatic hydroxyl groups excluding tert-OH is 1. The Morgan fingerprint density at radius 2 is 2.38 bits per heavy atom. The standard InChI is InChI=1S/C12H20O/c1-4-5-6-10-7-11(13)9-12(2,3)8-10/h4,7,11,13H,1,5-6,8-9H2,2-3H3. The summed E-state index contributed by atoms with van der Waals surface area (Å²) < 4.78 is 0. The van der Waals surface area contributed by atoms with E-state index in [-0.39, 0.29) is 11.5 Å². The number of rotatable bonds is 3. The average molecular weight is 180 g/mol. The molecular formula is C12H20O. The van der Waals surface area contributed by atoms with Crippen molar-refractivity contribution in [1.82, 2.24) is 0 Å². The lowest BCUT2D eigenvalue weighted by Gasteiger charge is -2.32. The van der Waals surface area contributed by atoms with Crippen molar-refractivity contribution in [3.8, 4) is 0 Å². The average Bonchev–Trinajstić information content (AvgIpc) is 1.97. The predicted octanol–water partition coefficient (Wildman–Crippen LogP) is 3.06. The summed E-state index contributed by atoms with van der Waals surface area (Å²) in [6.07, 6.45) is 7.83. The van der Waals surface area contributed by atoms with Crippen LogP contribution in [0.15, 0.2) is 24.3 Å². The molecule has 74 valence electrons. The summed E-state index contributed by atoms with van der Waals surface area (Å²) in [5.74, 6) is 0. The Morgan fingerprint density at radius 3 is 2.92 bits per heavy atom. The van der Waals surface area contributed by atoms with Gasteiger partial charge >= 0.3 is 0 Å². The van der Waals surface area contributed by atoms with E-state index >= 15 is 0 Å². The van der Waals surface area contributed by atoms with Crippen LogP contribution >= 0.6 is 0 Å². The quantitative estimate of drug-likeness (QED) is 0.662. The molecule has 1 nitrogen and oxygen atoms in total. The maximum atomic E-state index is 9.61. The molecule has 0 aliphatic heterocycles. The Bertz CT molecular complexity index is 213. The molecule has 0 heterocycles. The van der Waals surface area contributed by atoms with Crippen LogP contribution in [-0.2, 0) is 0 Å². The van der Waals surface area contributed by atoms with Gasteiger partial charge in [-0.3, -0.25) is 0 Å². The summed E-state index contributed by atoms with van der Waals surface area (Å²) in [5.41, 5.74) is 1.66. The molecule has 0 fully saturated rings. The molecule has 1 heteroatoms. The van der Waals surface area contributed by atoms with E-state index in [0.717, 1.165) is 25.7 Å². The van der Waals surface area contributed by atoms with E-state index in [1.165, 1.54) is 5.57 Å². The fraction of sp³-hybridized carbons (Fsp3) is 0.667. The van der Waals surface area contributed by atoms with E-state index in [2.05, 4.69) is 20.4 Å². The zero-order chi connectivity index (χ0) is 9.90. The molecule has 13 heavy (non-hydrogen) atoms. The highest BCUT2D eigenvalue weighted by atomic mass is 16.3. The van der Waals surface area contributed by atoms with Crippen molar-refractivity contribution >= 4 is 0 Å². The van der Waals surface area contributed by atoms with E-state index in [1.54, 1.807) is 0 Å². The second kappa shape index (κ2) is 4.10. The molecule has 0 radical (unpaired) electrons. The first kappa shape index (κ1) is 10.5. The fourth-order valence-electron chi connectivity index (χ4n) is 2.10. The number of aliphatic hydroxyl groups is 1. The monoisotopic (exact) mass is 180 g/mol. The smallest absolute Gasteiger partial charge is 0.0728 e. The van der Waals surface area contributed by atoms with E-state index in [1.807, 2.05) is 12.2 Å². The van der Waals surface area contributed by atoms with Gasteiger partial charge in [-0.2, -0.15) is 0 Å². The third kappa shape index (κ3) is 3.35. The molecule has 0 bridgehead atoms. The van der Waals surface area contributed by atoms with Gasteiger partial charge in [0.25, 0.3) is 0 Å². The van der Waals surface area contributed by atoms with Crippen molar-refractivity contribution in [2.24, 2.45) is 5.41 Å². The van der Waals surface area contributed by atoms with Gasteiger partial charge in [-0.1, -0.05) is 31.6 Å².